The number of hydrogen-bond acceptors (Lipinski definition) is 3. The molecule has 0 atom stereocenters. The quantitative estimate of drug-likeness (QED) is 0.669. The lowest BCUT2D eigenvalue weighted by molar-refractivity contribution is 0.101. The number of aromatic amines is 1. The molecule has 0 spiro atoms. The molecule has 4 nitrogen and oxygen atoms in total. The zero-order valence-corrected chi connectivity index (χ0v) is 13.5. The van der Waals surface area contributed by atoms with Crippen molar-refractivity contribution in [1.82, 2.24) is 4.98 Å². The van der Waals surface area contributed by atoms with E-state index in [0.29, 0.717) is 6.07 Å². The summed E-state index contributed by atoms with van der Waals surface area (Å²) in [6, 6.07) is 5.00. The van der Waals surface area contributed by atoms with Crippen LogP contribution in [0, 0.1) is 17.5 Å². The van der Waals surface area contributed by atoms with Gasteiger partial charge in [0.25, 0.3) is 0 Å². The highest BCUT2D eigenvalue weighted by Gasteiger charge is 2.20. The minimum Gasteiger partial charge on any atom is -0.339 e. The fourth-order valence-electron chi connectivity index (χ4n) is 2.48. The Balaban J connectivity index is 2.30. The Labute approximate surface area is 144 Å². The van der Waals surface area contributed by atoms with E-state index in [9.17, 15) is 22.8 Å². The number of pyridine rings is 1. The number of rotatable bonds is 3. The van der Waals surface area contributed by atoms with Crippen molar-refractivity contribution in [3.63, 3.8) is 0 Å². The fraction of sp³-hybridized carbons (Fsp3) is 0.0588. The van der Waals surface area contributed by atoms with Crippen LogP contribution < -0.4 is 10.7 Å². The lowest BCUT2D eigenvalue weighted by atomic mass is 10.1. The summed E-state index contributed by atoms with van der Waals surface area (Å²) in [6.07, 6.45) is 0. The zero-order chi connectivity index (χ0) is 18.3. The maximum absolute atomic E-state index is 14.0. The molecule has 0 amide bonds. The normalized spacial score (nSPS) is 10.9. The van der Waals surface area contributed by atoms with Gasteiger partial charge >= 0.3 is 0 Å². The third-order valence-electron chi connectivity index (χ3n) is 3.60. The monoisotopic (exact) mass is 366 g/mol. The first kappa shape index (κ1) is 17.0. The number of Topliss-reactive ketones (excluding diaryl/α,β-unsaturated/α-hetero) is 1. The topological polar surface area (TPSA) is 62.0 Å². The Morgan fingerprint density at radius 3 is 2.48 bits per heavy atom. The van der Waals surface area contributed by atoms with Gasteiger partial charge in [-0.25, -0.2) is 13.2 Å². The predicted molar refractivity (Wildman–Crippen MR) is 89.2 cm³/mol. The molecule has 3 rings (SSSR count). The van der Waals surface area contributed by atoms with Crippen molar-refractivity contribution in [2.75, 3.05) is 5.32 Å². The van der Waals surface area contributed by atoms with Gasteiger partial charge in [0.1, 0.15) is 28.8 Å². The van der Waals surface area contributed by atoms with Crippen LogP contribution in [0.4, 0.5) is 24.7 Å². The molecule has 0 saturated carbocycles. The van der Waals surface area contributed by atoms with E-state index < -0.39 is 34.2 Å². The molecule has 0 fully saturated rings. The molecule has 0 aliphatic heterocycles. The first-order valence-electron chi connectivity index (χ1n) is 7.06. The van der Waals surface area contributed by atoms with Gasteiger partial charge in [0.2, 0.25) is 5.43 Å². The number of hydrogen-bond donors (Lipinski definition) is 2. The van der Waals surface area contributed by atoms with Gasteiger partial charge in [-0.2, -0.15) is 0 Å². The Kier molecular flexibility index (Phi) is 4.26. The summed E-state index contributed by atoms with van der Waals surface area (Å²) in [5.74, 6) is -3.38. The highest BCUT2D eigenvalue weighted by atomic mass is 35.5. The summed E-state index contributed by atoms with van der Waals surface area (Å²) < 4.78 is 40.9. The second-order valence-corrected chi connectivity index (χ2v) is 5.70. The number of fused-ring (bicyclic) bond motifs is 1. The van der Waals surface area contributed by atoms with Gasteiger partial charge in [0, 0.05) is 6.07 Å². The van der Waals surface area contributed by atoms with E-state index in [1.165, 1.54) is 6.07 Å². The van der Waals surface area contributed by atoms with Crippen LogP contribution in [0.1, 0.15) is 17.3 Å². The van der Waals surface area contributed by atoms with Gasteiger partial charge in [-0.05, 0) is 31.2 Å². The minimum absolute atomic E-state index is 0.0401. The minimum atomic E-state index is -0.930. The Hall–Kier alpha value is -2.80. The van der Waals surface area contributed by atoms with Crippen molar-refractivity contribution >= 4 is 39.8 Å². The number of carbonyl (C=O) groups is 1. The average molecular weight is 367 g/mol. The summed E-state index contributed by atoms with van der Waals surface area (Å²) in [6.45, 7) is 1.12. The molecular weight excluding hydrogens is 357 g/mol. The van der Waals surface area contributed by atoms with E-state index in [0.717, 1.165) is 25.1 Å². The van der Waals surface area contributed by atoms with Gasteiger partial charge in [0.05, 0.1) is 21.6 Å². The standard InChI is InChI=1S/C17H10ClF3N2O2/c1-7(24)13-16(25)14-10(20)4-3-9(18)15(14)23-17(13)22-12-5-2-8(19)6-11(12)21/h2-6H,1H3,(H2,22,23,25). The third kappa shape index (κ3) is 2.98. The number of halogens is 4. The van der Waals surface area contributed by atoms with Gasteiger partial charge < -0.3 is 10.3 Å². The van der Waals surface area contributed by atoms with Crippen LogP contribution in [0.25, 0.3) is 10.9 Å². The number of ketones is 1. The molecule has 0 radical (unpaired) electrons. The van der Waals surface area contributed by atoms with Gasteiger partial charge in [0.15, 0.2) is 5.78 Å². The molecule has 0 aliphatic rings. The second kappa shape index (κ2) is 6.25. The van der Waals surface area contributed by atoms with Crippen LogP contribution in [0.5, 0.6) is 0 Å². The summed E-state index contributed by atoms with van der Waals surface area (Å²) in [5.41, 5.74) is -1.49. The van der Waals surface area contributed by atoms with Crippen molar-refractivity contribution in [1.29, 1.82) is 0 Å². The zero-order valence-electron chi connectivity index (χ0n) is 12.7. The molecule has 128 valence electrons. The van der Waals surface area contributed by atoms with Crippen molar-refractivity contribution in [2.24, 2.45) is 0 Å². The van der Waals surface area contributed by atoms with E-state index in [4.69, 9.17) is 11.6 Å². The SMILES string of the molecule is CC(=O)c1c(Nc2ccc(F)cc2F)[nH]c2c(Cl)ccc(F)c2c1=O. The molecule has 2 N–H and O–H groups in total. The molecule has 0 aliphatic carbocycles. The molecule has 1 heterocycles. The lowest BCUT2D eigenvalue weighted by Gasteiger charge is -2.13. The Morgan fingerprint density at radius 2 is 1.84 bits per heavy atom. The lowest BCUT2D eigenvalue weighted by Crippen LogP contribution is -2.19. The number of H-pyrrole nitrogens is 1. The highest BCUT2D eigenvalue weighted by Crippen LogP contribution is 2.27. The van der Waals surface area contributed by atoms with E-state index in [1.54, 1.807) is 0 Å². The van der Waals surface area contributed by atoms with Crippen molar-refractivity contribution in [3.8, 4) is 0 Å². The van der Waals surface area contributed by atoms with Crippen molar-refractivity contribution in [3.05, 3.63) is 68.6 Å². The van der Waals surface area contributed by atoms with Crippen molar-refractivity contribution in [2.45, 2.75) is 6.92 Å². The average Bonchev–Trinajstić information content (AvgIpc) is 2.53. The van der Waals surface area contributed by atoms with Gasteiger partial charge in [-0.15, -0.1) is 0 Å². The summed E-state index contributed by atoms with van der Waals surface area (Å²) in [4.78, 5) is 27.1. The molecular formula is C17H10ClF3N2O2. The molecule has 25 heavy (non-hydrogen) atoms. The molecule has 0 saturated heterocycles. The van der Waals surface area contributed by atoms with E-state index >= 15 is 0 Å². The van der Waals surface area contributed by atoms with E-state index in [2.05, 4.69) is 10.3 Å². The Morgan fingerprint density at radius 1 is 1.12 bits per heavy atom. The van der Waals surface area contributed by atoms with Gasteiger partial charge in [-0.1, -0.05) is 11.6 Å². The smallest absolute Gasteiger partial charge is 0.205 e. The predicted octanol–water partition coefficient (Wildman–Crippen LogP) is 4.55. The first-order chi connectivity index (χ1) is 11.8. The fourth-order valence-corrected chi connectivity index (χ4v) is 2.68. The molecule has 3 aromatic rings. The summed E-state index contributed by atoms with van der Waals surface area (Å²) in [5, 5.41) is 2.20. The van der Waals surface area contributed by atoms with Crippen molar-refractivity contribution < 1.29 is 18.0 Å². The number of nitrogens with one attached hydrogen (secondary N) is 2. The van der Waals surface area contributed by atoms with Gasteiger partial charge in [-0.3, -0.25) is 9.59 Å². The second-order valence-electron chi connectivity index (χ2n) is 5.29. The molecule has 0 unspecified atom stereocenters. The largest absolute Gasteiger partial charge is 0.339 e. The highest BCUT2D eigenvalue weighted by molar-refractivity contribution is 6.35. The number of aromatic nitrogens is 1. The van der Waals surface area contributed by atoms with Crippen LogP contribution in [0.3, 0.4) is 0 Å². The van der Waals surface area contributed by atoms with Crippen LogP contribution >= 0.6 is 11.6 Å². The van der Waals surface area contributed by atoms with E-state index in [-0.39, 0.29) is 27.4 Å². The molecule has 0 bridgehead atoms. The number of anilines is 2. The maximum Gasteiger partial charge on any atom is 0.205 e. The first-order valence-corrected chi connectivity index (χ1v) is 7.44. The van der Waals surface area contributed by atoms with Crippen LogP contribution in [-0.4, -0.2) is 10.8 Å². The number of benzene rings is 2. The van der Waals surface area contributed by atoms with Crippen LogP contribution in [-0.2, 0) is 0 Å². The van der Waals surface area contributed by atoms with E-state index in [1.807, 2.05) is 0 Å². The van der Waals surface area contributed by atoms with Crippen LogP contribution in [0.2, 0.25) is 5.02 Å². The molecule has 1 aromatic heterocycles. The summed E-state index contributed by atoms with van der Waals surface area (Å²) >= 11 is 5.99. The number of carbonyl (C=O) groups excluding carboxylic acids is 1. The maximum atomic E-state index is 14.0. The molecule has 8 heteroatoms. The van der Waals surface area contributed by atoms with Crippen LogP contribution in [0.15, 0.2) is 35.1 Å². The third-order valence-corrected chi connectivity index (χ3v) is 3.92. The Bertz CT molecular complexity index is 1080. The molecule has 2 aromatic carbocycles. The summed E-state index contributed by atoms with van der Waals surface area (Å²) in [7, 11) is 0.